The maximum absolute atomic E-state index is 11.7. The molecule has 0 aromatic carbocycles. The van der Waals surface area contributed by atoms with Crippen LogP contribution in [0.4, 0.5) is 0 Å². The second-order valence-electron chi connectivity index (χ2n) is 6.69. The van der Waals surface area contributed by atoms with E-state index < -0.39 is 9.84 Å². The lowest BCUT2D eigenvalue weighted by Gasteiger charge is -2.47. The first-order valence-electron chi connectivity index (χ1n) is 8.54. The molecule has 0 radical (unpaired) electrons. The Labute approximate surface area is 131 Å². The van der Waals surface area contributed by atoms with Gasteiger partial charge in [0.25, 0.3) is 0 Å². The summed E-state index contributed by atoms with van der Waals surface area (Å²) in [4.78, 5) is 2.49. The van der Waals surface area contributed by atoms with Crippen LogP contribution in [-0.2, 0) is 9.84 Å². The van der Waals surface area contributed by atoms with Crippen LogP contribution >= 0.6 is 0 Å². The first-order valence-corrected chi connectivity index (χ1v) is 10.4. The van der Waals surface area contributed by atoms with Crippen LogP contribution < -0.4 is 5.73 Å². The molecular formula is C16H34N2O2S. The molecule has 0 spiro atoms. The lowest BCUT2D eigenvalue weighted by Crippen LogP contribution is -2.56. The topological polar surface area (TPSA) is 63.4 Å². The van der Waals surface area contributed by atoms with E-state index in [-0.39, 0.29) is 11.3 Å². The van der Waals surface area contributed by atoms with Gasteiger partial charge in [-0.25, -0.2) is 8.42 Å². The van der Waals surface area contributed by atoms with Crippen LogP contribution in [0.5, 0.6) is 0 Å². The highest BCUT2D eigenvalue weighted by molar-refractivity contribution is 7.91. The molecule has 0 aliphatic heterocycles. The van der Waals surface area contributed by atoms with Crippen molar-refractivity contribution in [3.05, 3.63) is 0 Å². The summed E-state index contributed by atoms with van der Waals surface area (Å²) in [6, 6.07) is 0. The molecule has 21 heavy (non-hydrogen) atoms. The number of nitrogens with two attached hydrogens (primary N) is 1. The van der Waals surface area contributed by atoms with Gasteiger partial charge in [-0.15, -0.1) is 0 Å². The van der Waals surface area contributed by atoms with E-state index in [4.69, 9.17) is 5.73 Å². The quantitative estimate of drug-likeness (QED) is 0.709. The highest BCUT2D eigenvalue weighted by Crippen LogP contribution is 2.36. The lowest BCUT2D eigenvalue weighted by atomic mass is 9.76. The van der Waals surface area contributed by atoms with E-state index in [0.29, 0.717) is 12.3 Å². The Morgan fingerprint density at radius 2 is 1.81 bits per heavy atom. The molecule has 1 aliphatic rings. The minimum atomic E-state index is -2.85. The Bertz CT molecular complexity index is 387. The highest BCUT2D eigenvalue weighted by atomic mass is 32.2. The Kier molecular flexibility index (Phi) is 7.65. The first-order chi connectivity index (χ1) is 9.89. The molecule has 0 aromatic rings. The van der Waals surface area contributed by atoms with Gasteiger partial charge in [0.2, 0.25) is 0 Å². The van der Waals surface area contributed by atoms with Gasteiger partial charge in [-0.05, 0) is 57.5 Å². The number of nitrogens with zero attached hydrogens (tertiary/aromatic N) is 1. The molecule has 2 N–H and O–H groups in total. The molecule has 1 saturated carbocycles. The average Bonchev–Trinajstić information content (AvgIpc) is 2.48. The van der Waals surface area contributed by atoms with Crippen molar-refractivity contribution >= 4 is 9.84 Å². The van der Waals surface area contributed by atoms with Crippen molar-refractivity contribution < 1.29 is 8.42 Å². The average molecular weight is 319 g/mol. The van der Waals surface area contributed by atoms with Crippen molar-refractivity contribution in [1.82, 2.24) is 4.90 Å². The number of rotatable bonds is 9. The molecule has 1 aliphatic carbocycles. The zero-order chi connectivity index (χ0) is 15.9. The third-order valence-corrected chi connectivity index (χ3v) is 6.86. The number of hydrogen-bond acceptors (Lipinski definition) is 4. The fourth-order valence-electron chi connectivity index (χ4n) is 3.42. The summed E-state index contributed by atoms with van der Waals surface area (Å²) in [5.74, 6) is 1.36. The lowest BCUT2D eigenvalue weighted by molar-refractivity contribution is 0.0446. The standard InChI is InChI=1S/C16H34N2O2S/c1-4-11-18(12-6-13-21(19,20)5-2)16(14-17)9-7-15(3)8-10-16/h15H,4-14,17H2,1-3H3. The summed E-state index contributed by atoms with van der Waals surface area (Å²) in [5, 5.41) is 0. The third-order valence-electron chi connectivity index (χ3n) is 5.07. The molecule has 0 heterocycles. The van der Waals surface area contributed by atoms with E-state index in [1.54, 1.807) is 6.92 Å². The molecule has 0 atom stereocenters. The summed E-state index contributed by atoms with van der Waals surface area (Å²) in [6.45, 7) is 8.81. The number of sulfone groups is 1. The van der Waals surface area contributed by atoms with Crippen LogP contribution in [0, 0.1) is 5.92 Å². The van der Waals surface area contributed by atoms with Crippen LogP contribution in [0.2, 0.25) is 0 Å². The van der Waals surface area contributed by atoms with E-state index in [1.807, 2.05) is 0 Å². The third kappa shape index (κ3) is 5.53. The van der Waals surface area contributed by atoms with Crippen molar-refractivity contribution in [2.75, 3.05) is 31.1 Å². The maximum Gasteiger partial charge on any atom is 0.150 e. The van der Waals surface area contributed by atoms with Crippen molar-refractivity contribution in [3.63, 3.8) is 0 Å². The number of hydrogen-bond donors (Lipinski definition) is 1. The van der Waals surface area contributed by atoms with E-state index in [2.05, 4.69) is 18.7 Å². The van der Waals surface area contributed by atoms with Gasteiger partial charge in [-0.2, -0.15) is 0 Å². The molecule has 0 bridgehead atoms. The SMILES string of the molecule is CCCN(CCCS(=O)(=O)CC)C1(CN)CCC(C)CC1. The van der Waals surface area contributed by atoms with Crippen LogP contribution in [0.15, 0.2) is 0 Å². The minimum Gasteiger partial charge on any atom is -0.329 e. The van der Waals surface area contributed by atoms with E-state index in [1.165, 1.54) is 12.8 Å². The Hall–Kier alpha value is -0.130. The molecule has 5 heteroatoms. The summed E-state index contributed by atoms with van der Waals surface area (Å²) < 4.78 is 23.3. The van der Waals surface area contributed by atoms with Crippen LogP contribution in [0.1, 0.15) is 59.3 Å². The van der Waals surface area contributed by atoms with Crippen LogP contribution in [0.25, 0.3) is 0 Å². The Morgan fingerprint density at radius 3 is 2.29 bits per heavy atom. The predicted molar refractivity (Wildman–Crippen MR) is 90.2 cm³/mol. The Balaban J connectivity index is 2.66. The van der Waals surface area contributed by atoms with E-state index >= 15 is 0 Å². The van der Waals surface area contributed by atoms with Gasteiger partial charge >= 0.3 is 0 Å². The largest absolute Gasteiger partial charge is 0.329 e. The first kappa shape index (κ1) is 18.9. The molecule has 0 saturated heterocycles. The second kappa shape index (κ2) is 8.49. The molecule has 1 fully saturated rings. The van der Waals surface area contributed by atoms with E-state index in [0.717, 1.165) is 44.7 Å². The van der Waals surface area contributed by atoms with Gasteiger partial charge in [-0.3, -0.25) is 4.90 Å². The molecule has 126 valence electrons. The van der Waals surface area contributed by atoms with Gasteiger partial charge in [0.15, 0.2) is 0 Å². The summed E-state index contributed by atoms with van der Waals surface area (Å²) in [6.07, 6.45) is 6.62. The molecule has 0 amide bonds. The van der Waals surface area contributed by atoms with Crippen molar-refractivity contribution in [1.29, 1.82) is 0 Å². The fraction of sp³-hybridized carbons (Fsp3) is 1.00. The van der Waals surface area contributed by atoms with E-state index in [9.17, 15) is 8.42 Å². The normalized spacial score (nSPS) is 27.2. The molecule has 1 rings (SSSR count). The summed E-state index contributed by atoms with van der Waals surface area (Å²) in [7, 11) is -2.85. The van der Waals surface area contributed by atoms with Gasteiger partial charge in [-0.1, -0.05) is 20.8 Å². The maximum atomic E-state index is 11.7. The zero-order valence-corrected chi connectivity index (χ0v) is 14.9. The van der Waals surface area contributed by atoms with Crippen molar-refractivity contribution in [3.8, 4) is 0 Å². The Morgan fingerprint density at radius 1 is 1.19 bits per heavy atom. The van der Waals surface area contributed by atoms with Gasteiger partial charge in [0.05, 0.1) is 5.75 Å². The highest BCUT2D eigenvalue weighted by Gasteiger charge is 2.37. The summed E-state index contributed by atoms with van der Waals surface area (Å²) in [5.41, 5.74) is 6.25. The monoisotopic (exact) mass is 318 g/mol. The predicted octanol–water partition coefficient (Wildman–Crippen LogP) is 2.43. The van der Waals surface area contributed by atoms with Crippen LogP contribution in [-0.4, -0.2) is 50.0 Å². The molecule has 0 aromatic heterocycles. The second-order valence-corrected chi connectivity index (χ2v) is 9.16. The fourth-order valence-corrected chi connectivity index (χ4v) is 4.28. The summed E-state index contributed by atoms with van der Waals surface area (Å²) >= 11 is 0. The van der Waals surface area contributed by atoms with Gasteiger partial charge < -0.3 is 5.73 Å². The zero-order valence-electron chi connectivity index (χ0n) is 14.1. The molecular weight excluding hydrogens is 284 g/mol. The minimum absolute atomic E-state index is 0.110. The molecule has 0 unspecified atom stereocenters. The van der Waals surface area contributed by atoms with Crippen molar-refractivity contribution in [2.24, 2.45) is 11.7 Å². The van der Waals surface area contributed by atoms with Gasteiger partial charge in [0, 0.05) is 17.8 Å². The van der Waals surface area contributed by atoms with Crippen molar-refractivity contribution in [2.45, 2.75) is 64.8 Å². The smallest absolute Gasteiger partial charge is 0.150 e. The molecule has 4 nitrogen and oxygen atoms in total. The van der Waals surface area contributed by atoms with Crippen LogP contribution in [0.3, 0.4) is 0 Å². The van der Waals surface area contributed by atoms with Gasteiger partial charge in [0.1, 0.15) is 9.84 Å².